The van der Waals surface area contributed by atoms with Crippen molar-refractivity contribution in [3.05, 3.63) is 60.1 Å². The number of hydrogen-bond acceptors (Lipinski definition) is 3. The highest BCUT2D eigenvalue weighted by molar-refractivity contribution is 5.99. The molecular weight excluding hydrogens is 266 g/mol. The monoisotopic (exact) mass is 280 g/mol. The number of hydrogen-bond donors (Lipinski definition) is 1. The molecule has 0 radical (unpaired) electrons. The zero-order chi connectivity index (χ0) is 14.6. The van der Waals surface area contributed by atoms with Gasteiger partial charge in [0, 0.05) is 0 Å². The lowest BCUT2D eigenvalue weighted by atomic mass is 9.99. The first-order valence-corrected chi connectivity index (χ1v) is 6.20. The molecule has 1 heterocycles. The van der Waals surface area contributed by atoms with Crippen LogP contribution < -0.4 is 0 Å². The average Bonchev–Trinajstić information content (AvgIpc) is 2.99. The molecule has 5 heteroatoms. The van der Waals surface area contributed by atoms with Crippen LogP contribution in [0.5, 0.6) is 0 Å². The van der Waals surface area contributed by atoms with Crippen LogP contribution in [0.2, 0.25) is 0 Å². The Morgan fingerprint density at radius 1 is 1.20 bits per heavy atom. The number of alkyl halides is 2. The quantitative estimate of drug-likeness (QED) is 0.827. The van der Waals surface area contributed by atoms with Gasteiger partial charge in [0.25, 0.3) is 5.78 Å². The van der Waals surface area contributed by atoms with Crippen molar-refractivity contribution < 1.29 is 23.1 Å². The van der Waals surface area contributed by atoms with Gasteiger partial charge in [-0.2, -0.15) is 8.78 Å². The summed E-state index contributed by atoms with van der Waals surface area (Å²) in [6, 6.07) is 11.4. The van der Waals surface area contributed by atoms with Gasteiger partial charge in [-0.05, 0) is 30.5 Å². The smallest absolute Gasteiger partial charge is 0.338 e. The van der Waals surface area contributed by atoms with Gasteiger partial charge in [-0.1, -0.05) is 30.3 Å². The highest BCUT2D eigenvalue weighted by atomic mass is 19.3. The molecule has 1 atom stereocenters. The summed E-state index contributed by atoms with van der Waals surface area (Å²) in [5, 5.41) is 9.60. The molecule has 1 unspecified atom stereocenters. The summed E-state index contributed by atoms with van der Waals surface area (Å²) in [5.74, 6) is -5.80. The van der Waals surface area contributed by atoms with Crippen LogP contribution in [-0.2, 0) is 6.42 Å². The van der Waals surface area contributed by atoms with E-state index < -0.39 is 23.6 Å². The number of benzene rings is 1. The lowest BCUT2D eigenvalue weighted by Gasteiger charge is -2.20. The summed E-state index contributed by atoms with van der Waals surface area (Å²) in [6.07, 6.45) is -0.841. The molecule has 0 aliphatic rings. The van der Waals surface area contributed by atoms with Crippen molar-refractivity contribution in [1.29, 1.82) is 0 Å². The number of rotatable bonds is 6. The fourth-order valence-corrected chi connectivity index (χ4v) is 1.85. The number of ketones is 1. The van der Waals surface area contributed by atoms with Crippen molar-refractivity contribution in [3.63, 3.8) is 0 Å². The maximum Gasteiger partial charge on any atom is 0.338 e. The highest BCUT2D eigenvalue weighted by Gasteiger charge is 2.47. The Hall–Kier alpha value is -2.01. The topological polar surface area (TPSA) is 50.4 Å². The van der Waals surface area contributed by atoms with E-state index in [0.717, 1.165) is 17.9 Å². The second-order valence-electron chi connectivity index (χ2n) is 4.47. The summed E-state index contributed by atoms with van der Waals surface area (Å²) in [6.45, 7) is 0. The average molecular weight is 280 g/mol. The molecule has 0 aliphatic carbocycles. The van der Waals surface area contributed by atoms with E-state index in [9.17, 15) is 18.7 Å². The fraction of sp³-hybridized carbons (Fsp3) is 0.267. The number of halogens is 2. The first kappa shape index (κ1) is 14.4. The van der Waals surface area contributed by atoms with Crippen molar-refractivity contribution in [2.45, 2.75) is 24.9 Å². The first-order chi connectivity index (χ1) is 9.51. The fourth-order valence-electron chi connectivity index (χ4n) is 1.85. The second kappa shape index (κ2) is 5.96. The first-order valence-electron chi connectivity index (χ1n) is 6.20. The molecule has 0 saturated heterocycles. The van der Waals surface area contributed by atoms with Crippen LogP contribution in [0.3, 0.4) is 0 Å². The maximum absolute atomic E-state index is 13.8. The van der Waals surface area contributed by atoms with E-state index in [4.69, 9.17) is 0 Å². The predicted molar refractivity (Wildman–Crippen MR) is 68.8 cm³/mol. The summed E-state index contributed by atoms with van der Waals surface area (Å²) < 4.78 is 32.3. The number of aliphatic hydroxyl groups is 1. The van der Waals surface area contributed by atoms with Crippen LogP contribution in [-0.4, -0.2) is 22.9 Å². The van der Waals surface area contributed by atoms with E-state index in [0.29, 0.717) is 0 Å². The largest absolute Gasteiger partial charge is 0.461 e. The van der Waals surface area contributed by atoms with Gasteiger partial charge in [-0.15, -0.1) is 0 Å². The van der Waals surface area contributed by atoms with Gasteiger partial charge < -0.3 is 9.52 Å². The molecule has 1 aromatic carbocycles. The molecule has 0 amide bonds. The summed E-state index contributed by atoms with van der Waals surface area (Å²) in [5.41, 5.74) is 0.827. The molecule has 0 saturated carbocycles. The molecule has 0 aliphatic heterocycles. The Balaban J connectivity index is 2.00. The molecule has 0 fully saturated rings. The zero-order valence-electron chi connectivity index (χ0n) is 10.6. The number of aryl methyl sites for hydroxylation is 1. The molecule has 2 rings (SSSR count). The van der Waals surface area contributed by atoms with Gasteiger partial charge in [0.2, 0.25) is 0 Å². The lowest BCUT2D eigenvalue weighted by molar-refractivity contribution is -0.0809. The minimum absolute atomic E-state index is 0.205. The molecule has 0 spiro atoms. The Morgan fingerprint density at radius 2 is 1.90 bits per heavy atom. The SMILES string of the molecule is O=C(c1ccco1)C(F)(F)C(O)CCc1ccccc1. The molecule has 106 valence electrons. The van der Waals surface area contributed by atoms with Crippen molar-refractivity contribution in [2.24, 2.45) is 0 Å². The molecule has 20 heavy (non-hydrogen) atoms. The molecule has 0 bridgehead atoms. The second-order valence-corrected chi connectivity index (χ2v) is 4.47. The minimum Gasteiger partial charge on any atom is -0.461 e. The third-order valence-corrected chi connectivity index (χ3v) is 3.02. The summed E-state index contributed by atoms with van der Waals surface area (Å²) >= 11 is 0. The lowest BCUT2D eigenvalue weighted by Crippen LogP contribution is -2.41. The van der Waals surface area contributed by atoms with Crippen LogP contribution in [0.15, 0.2) is 53.1 Å². The Kier molecular flexibility index (Phi) is 4.29. The number of aliphatic hydroxyl groups excluding tert-OH is 1. The number of Topliss-reactive ketones (excluding diaryl/α,β-unsaturated/α-hetero) is 1. The Labute approximate surface area is 114 Å². The van der Waals surface area contributed by atoms with E-state index in [1.54, 1.807) is 24.3 Å². The number of furan rings is 1. The Bertz CT molecular complexity index is 550. The molecule has 3 nitrogen and oxygen atoms in total. The van der Waals surface area contributed by atoms with Crippen LogP contribution in [0, 0.1) is 0 Å². The van der Waals surface area contributed by atoms with Gasteiger partial charge in [0.15, 0.2) is 5.76 Å². The van der Waals surface area contributed by atoms with E-state index in [1.165, 1.54) is 6.07 Å². The van der Waals surface area contributed by atoms with Crippen molar-refractivity contribution in [3.8, 4) is 0 Å². The molecule has 1 N–H and O–H groups in total. The van der Waals surface area contributed by atoms with E-state index in [1.807, 2.05) is 6.07 Å². The van der Waals surface area contributed by atoms with Crippen LogP contribution >= 0.6 is 0 Å². The standard InChI is InChI=1S/C15H14F2O3/c16-15(17,14(19)12-7-4-10-20-12)13(18)9-8-11-5-2-1-3-6-11/h1-7,10,13,18H,8-9H2. The third-order valence-electron chi connectivity index (χ3n) is 3.02. The van der Waals surface area contributed by atoms with Gasteiger partial charge in [-0.25, -0.2) is 0 Å². The van der Waals surface area contributed by atoms with Crippen LogP contribution in [0.4, 0.5) is 8.78 Å². The molecular formula is C15H14F2O3. The number of carbonyl (C=O) groups is 1. The zero-order valence-corrected chi connectivity index (χ0v) is 10.6. The molecule has 2 aromatic rings. The minimum atomic E-state index is -3.85. The van der Waals surface area contributed by atoms with Gasteiger partial charge in [0.05, 0.1) is 6.26 Å². The van der Waals surface area contributed by atoms with Gasteiger partial charge in [0.1, 0.15) is 6.10 Å². The van der Waals surface area contributed by atoms with Crippen LogP contribution in [0.1, 0.15) is 22.5 Å². The van der Waals surface area contributed by atoms with Crippen molar-refractivity contribution in [2.75, 3.05) is 0 Å². The molecule has 1 aromatic heterocycles. The van der Waals surface area contributed by atoms with E-state index in [-0.39, 0.29) is 12.8 Å². The van der Waals surface area contributed by atoms with Crippen LogP contribution in [0.25, 0.3) is 0 Å². The summed E-state index contributed by atoms with van der Waals surface area (Å²) in [4.78, 5) is 11.6. The highest BCUT2D eigenvalue weighted by Crippen LogP contribution is 2.27. The van der Waals surface area contributed by atoms with Gasteiger partial charge in [-0.3, -0.25) is 4.79 Å². The maximum atomic E-state index is 13.8. The predicted octanol–water partition coefficient (Wildman–Crippen LogP) is 3.09. The number of carbonyl (C=O) groups excluding carboxylic acids is 1. The third kappa shape index (κ3) is 3.11. The van der Waals surface area contributed by atoms with E-state index in [2.05, 4.69) is 4.42 Å². The normalized spacial score (nSPS) is 13.2. The Morgan fingerprint density at radius 3 is 2.50 bits per heavy atom. The van der Waals surface area contributed by atoms with E-state index >= 15 is 0 Å². The summed E-state index contributed by atoms with van der Waals surface area (Å²) in [7, 11) is 0. The van der Waals surface area contributed by atoms with Crippen molar-refractivity contribution in [1.82, 2.24) is 0 Å². The van der Waals surface area contributed by atoms with Crippen molar-refractivity contribution >= 4 is 5.78 Å². The van der Waals surface area contributed by atoms with Gasteiger partial charge >= 0.3 is 5.92 Å².